The Bertz CT molecular complexity index is 1120. The molecular formula is C22H29N3O5S2. The number of urea groups is 1. The summed E-state index contributed by atoms with van der Waals surface area (Å²) in [5.41, 5.74) is 4.45. The number of thiazole rings is 1. The Kier molecular flexibility index (Phi) is 6.69. The molecule has 1 heterocycles. The van der Waals surface area contributed by atoms with Gasteiger partial charge in [-0.05, 0) is 67.7 Å². The smallest absolute Gasteiger partial charge is 0.353 e. The molecule has 0 radical (unpaired) electrons. The van der Waals surface area contributed by atoms with Crippen molar-refractivity contribution in [1.82, 2.24) is 4.98 Å². The number of nitrogens with one attached hydrogen (secondary N) is 1. The van der Waals surface area contributed by atoms with Gasteiger partial charge in [0, 0.05) is 11.9 Å². The summed E-state index contributed by atoms with van der Waals surface area (Å²) in [6.07, 6.45) is 8.87. The Hall–Kier alpha value is -1.85. The van der Waals surface area contributed by atoms with Crippen LogP contribution in [0, 0.1) is 0 Å². The second-order valence-corrected chi connectivity index (χ2v) is 12.1. The van der Waals surface area contributed by atoms with Crippen molar-refractivity contribution in [2.75, 3.05) is 31.4 Å². The molecule has 2 aliphatic rings. The number of rotatable bonds is 7. The van der Waals surface area contributed by atoms with Crippen LogP contribution in [-0.4, -0.2) is 51.5 Å². The zero-order valence-electron chi connectivity index (χ0n) is 18.3. The van der Waals surface area contributed by atoms with Gasteiger partial charge in [0.25, 0.3) is 0 Å². The molecule has 0 fully saturated rings. The van der Waals surface area contributed by atoms with E-state index in [4.69, 9.17) is 9.84 Å². The summed E-state index contributed by atoms with van der Waals surface area (Å²) in [6.45, 7) is 1.42. The molecule has 32 heavy (non-hydrogen) atoms. The van der Waals surface area contributed by atoms with Crippen molar-refractivity contribution >= 4 is 32.8 Å². The molecule has 0 spiro atoms. The van der Waals surface area contributed by atoms with Crippen molar-refractivity contribution in [1.29, 1.82) is 0 Å². The second kappa shape index (κ2) is 9.18. The fraction of sp³-hybridized carbons (Fsp3) is 0.545. The molecule has 2 aliphatic carbocycles. The summed E-state index contributed by atoms with van der Waals surface area (Å²) in [6, 6.07) is 1.66. The minimum absolute atomic E-state index is 0.0622. The van der Waals surface area contributed by atoms with Crippen LogP contribution in [0.3, 0.4) is 0 Å². The lowest BCUT2D eigenvalue weighted by Gasteiger charge is -2.20. The normalized spacial score (nSPS) is 18.5. The van der Waals surface area contributed by atoms with Crippen LogP contribution in [0.25, 0.3) is 0 Å². The number of aliphatic hydroxyl groups is 2. The van der Waals surface area contributed by atoms with E-state index >= 15 is 0 Å². The highest BCUT2D eigenvalue weighted by Crippen LogP contribution is 2.38. The number of hydrogen-bond donors (Lipinski definition) is 3. The predicted octanol–water partition coefficient (Wildman–Crippen LogP) is 3.03. The first kappa shape index (κ1) is 23.3. The van der Waals surface area contributed by atoms with E-state index in [-0.39, 0.29) is 19.8 Å². The van der Waals surface area contributed by atoms with E-state index in [0.29, 0.717) is 9.22 Å². The number of fused-ring (bicyclic) bond motifs is 2. The van der Waals surface area contributed by atoms with Crippen molar-refractivity contribution in [2.45, 2.75) is 55.3 Å². The van der Waals surface area contributed by atoms with Crippen LogP contribution in [-0.2, 0) is 45.8 Å². The number of anilines is 1. The quantitative estimate of drug-likeness (QED) is 0.525. The molecular weight excluding hydrogens is 450 g/mol. The van der Waals surface area contributed by atoms with Crippen LogP contribution in [0.2, 0.25) is 0 Å². The van der Waals surface area contributed by atoms with Crippen LogP contribution < -0.4 is 5.32 Å². The molecule has 1 aromatic carbocycles. The zero-order valence-corrected chi connectivity index (χ0v) is 20.0. The number of nitrogens with zero attached hydrogens (tertiary/aromatic N) is 2. The lowest BCUT2D eigenvalue weighted by atomic mass is 9.99. The maximum atomic E-state index is 13.3. The van der Waals surface area contributed by atoms with Crippen LogP contribution in [0.4, 0.5) is 10.5 Å². The van der Waals surface area contributed by atoms with Gasteiger partial charge in [-0.3, -0.25) is 0 Å². The molecule has 0 bridgehead atoms. The van der Waals surface area contributed by atoms with Crippen LogP contribution in [0.15, 0.2) is 20.8 Å². The van der Waals surface area contributed by atoms with Gasteiger partial charge in [-0.1, -0.05) is 6.07 Å². The Morgan fingerprint density at radius 3 is 2.56 bits per heavy atom. The average Bonchev–Trinajstić information content (AvgIpc) is 3.47. The Balaban J connectivity index is 1.56. The van der Waals surface area contributed by atoms with Crippen molar-refractivity contribution < 1.29 is 24.0 Å². The van der Waals surface area contributed by atoms with E-state index in [9.17, 15) is 14.1 Å². The summed E-state index contributed by atoms with van der Waals surface area (Å²) in [7, 11) is -3.05. The van der Waals surface area contributed by atoms with E-state index in [1.54, 1.807) is 0 Å². The SMILES string of the molecule is C[C@@](O)(COCCO)c1ncc(S(C)(=O)=NC(=O)Nc2c3c(cc4c2CCC4)CCC3)s1. The lowest BCUT2D eigenvalue weighted by Crippen LogP contribution is -2.28. The monoisotopic (exact) mass is 479 g/mol. The molecule has 2 aromatic rings. The molecule has 2 amide bonds. The summed E-state index contributed by atoms with van der Waals surface area (Å²) in [5, 5.41) is 22.7. The number of carbonyl (C=O) groups excluding carboxylic acids is 1. The number of ether oxygens (including phenoxy) is 1. The van der Waals surface area contributed by atoms with E-state index in [1.165, 1.54) is 41.6 Å². The first-order chi connectivity index (χ1) is 15.2. The molecule has 0 aliphatic heterocycles. The van der Waals surface area contributed by atoms with Crippen molar-refractivity contribution in [3.05, 3.63) is 39.5 Å². The van der Waals surface area contributed by atoms with Gasteiger partial charge in [0.15, 0.2) is 0 Å². The first-order valence-corrected chi connectivity index (χ1v) is 13.5. The van der Waals surface area contributed by atoms with Gasteiger partial charge in [0.2, 0.25) is 0 Å². The van der Waals surface area contributed by atoms with E-state index in [0.717, 1.165) is 55.5 Å². The number of aliphatic hydroxyl groups excluding tert-OH is 1. The Morgan fingerprint density at radius 1 is 1.28 bits per heavy atom. The van der Waals surface area contributed by atoms with Gasteiger partial charge in [0.05, 0.1) is 35.7 Å². The van der Waals surface area contributed by atoms with Gasteiger partial charge in [0.1, 0.15) is 14.8 Å². The average molecular weight is 480 g/mol. The molecule has 174 valence electrons. The van der Waals surface area contributed by atoms with Crippen LogP contribution in [0.5, 0.6) is 0 Å². The topological polar surface area (TPSA) is 121 Å². The number of amides is 2. The fourth-order valence-corrected chi connectivity index (χ4v) is 6.73. The van der Waals surface area contributed by atoms with Gasteiger partial charge < -0.3 is 20.3 Å². The molecule has 10 heteroatoms. The van der Waals surface area contributed by atoms with E-state index in [2.05, 4.69) is 20.7 Å². The Labute approximate surface area is 192 Å². The third kappa shape index (κ3) is 4.74. The third-order valence-corrected chi connectivity index (χ3v) is 9.49. The highest BCUT2D eigenvalue weighted by molar-refractivity contribution is 7.95. The standard InChI is InChI=1S/C22H29N3O5S2/c1-22(28,13-30-10-9-26)20-23-12-18(31-20)32(2,29)25-21(27)24-19-16-7-3-5-14(16)11-15-6-4-8-17(15)19/h11-12,26,28H,3-10,13H2,1-2H3,(H,24,27)/t22-,32?/m1/s1. The van der Waals surface area contributed by atoms with E-state index < -0.39 is 21.4 Å². The minimum Gasteiger partial charge on any atom is -0.394 e. The highest BCUT2D eigenvalue weighted by atomic mass is 32.2. The molecule has 0 saturated carbocycles. The zero-order chi connectivity index (χ0) is 22.9. The molecule has 2 atom stereocenters. The molecule has 4 rings (SSSR count). The summed E-state index contributed by atoms with van der Waals surface area (Å²) < 4.78 is 22.8. The molecule has 8 nitrogen and oxygen atoms in total. The van der Waals surface area contributed by atoms with Crippen molar-refractivity contribution in [3.8, 4) is 0 Å². The fourth-order valence-electron chi connectivity index (χ4n) is 4.38. The largest absolute Gasteiger partial charge is 0.394 e. The maximum absolute atomic E-state index is 13.3. The van der Waals surface area contributed by atoms with Gasteiger partial charge in [-0.2, -0.15) is 0 Å². The summed E-state index contributed by atoms with van der Waals surface area (Å²) in [5.74, 6) is 0. The molecule has 1 aromatic heterocycles. The number of carbonyl (C=O) groups is 1. The lowest BCUT2D eigenvalue weighted by molar-refractivity contribution is -0.0447. The summed E-state index contributed by atoms with van der Waals surface area (Å²) in [4.78, 5) is 17.0. The number of hydrogen-bond acceptors (Lipinski definition) is 7. The minimum atomic E-state index is -3.05. The first-order valence-electron chi connectivity index (χ1n) is 10.8. The van der Waals surface area contributed by atoms with Crippen molar-refractivity contribution in [3.63, 3.8) is 0 Å². The van der Waals surface area contributed by atoms with Crippen LogP contribution >= 0.6 is 11.3 Å². The third-order valence-electron chi connectivity index (χ3n) is 5.90. The number of aryl methyl sites for hydroxylation is 2. The second-order valence-electron chi connectivity index (χ2n) is 8.59. The van der Waals surface area contributed by atoms with Crippen LogP contribution in [0.1, 0.15) is 47.0 Å². The van der Waals surface area contributed by atoms with Gasteiger partial charge >= 0.3 is 6.03 Å². The number of aromatic nitrogens is 1. The predicted molar refractivity (Wildman–Crippen MR) is 124 cm³/mol. The summed E-state index contributed by atoms with van der Waals surface area (Å²) >= 11 is 1.04. The highest BCUT2D eigenvalue weighted by Gasteiger charge is 2.29. The van der Waals surface area contributed by atoms with Crippen molar-refractivity contribution in [2.24, 2.45) is 4.36 Å². The maximum Gasteiger partial charge on any atom is 0.353 e. The molecule has 3 N–H and O–H groups in total. The Morgan fingerprint density at radius 2 is 1.94 bits per heavy atom. The van der Waals surface area contributed by atoms with E-state index in [1.807, 2.05) is 0 Å². The molecule has 1 unspecified atom stereocenters. The van der Waals surface area contributed by atoms with Gasteiger partial charge in [-0.15, -0.1) is 15.7 Å². The number of benzene rings is 1. The van der Waals surface area contributed by atoms with Gasteiger partial charge in [-0.25, -0.2) is 14.0 Å². The molecule has 0 saturated heterocycles.